The molecule has 2 N–H and O–H groups in total. The number of nitrogens with zero attached hydrogens (tertiary/aromatic N) is 4. The van der Waals surface area contributed by atoms with Crippen molar-refractivity contribution in [2.45, 2.75) is 32.4 Å². The van der Waals surface area contributed by atoms with Gasteiger partial charge < -0.3 is 10.5 Å². The Labute approximate surface area is 143 Å². The highest BCUT2D eigenvalue weighted by Crippen LogP contribution is 2.18. The Morgan fingerprint density at radius 1 is 1.56 bits per heavy atom. The molecule has 4 heterocycles. The topological polar surface area (TPSA) is 97.3 Å². The Morgan fingerprint density at radius 2 is 2.40 bits per heavy atom. The summed E-state index contributed by atoms with van der Waals surface area (Å²) in [6.07, 6.45) is 3.63. The maximum Gasteiger partial charge on any atom is 0.278 e. The van der Waals surface area contributed by atoms with Gasteiger partial charge in [-0.15, -0.1) is 0 Å². The van der Waals surface area contributed by atoms with Crippen LogP contribution in [0, 0.1) is 18.3 Å². The molecule has 25 heavy (non-hydrogen) atoms. The van der Waals surface area contributed by atoms with Crippen molar-refractivity contribution in [3.63, 3.8) is 0 Å². The predicted octanol–water partition coefficient (Wildman–Crippen LogP) is 1.08. The lowest BCUT2D eigenvalue weighted by molar-refractivity contribution is -0.666. The number of pyridine rings is 2. The van der Waals surface area contributed by atoms with E-state index in [0.29, 0.717) is 29.0 Å². The molecule has 1 unspecified atom stereocenters. The fourth-order valence-corrected chi connectivity index (χ4v) is 3.38. The molecule has 3 aromatic heterocycles. The van der Waals surface area contributed by atoms with Crippen LogP contribution >= 0.6 is 0 Å². The molecular weight excluding hydrogens is 318 g/mol. The monoisotopic (exact) mass is 336 g/mol. The molecule has 0 aromatic carbocycles. The molecule has 4 rings (SSSR count). The first-order valence-electron chi connectivity index (χ1n) is 8.26. The third-order valence-electron chi connectivity index (χ3n) is 4.71. The lowest BCUT2D eigenvalue weighted by Gasteiger charge is -2.13. The van der Waals surface area contributed by atoms with E-state index < -0.39 is 0 Å². The number of nitriles is 1. The van der Waals surface area contributed by atoms with Crippen LogP contribution in [0.4, 0.5) is 5.82 Å². The Bertz CT molecular complexity index is 1090. The minimum atomic E-state index is -0.207. The maximum absolute atomic E-state index is 12.9. The van der Waals surface area contributed by atoms with Crippen LogP contribution in [0.15, 0.2) is 29.2 Å². The van der Waals surface area contributed by atoms with Crippen molar-refractivity contribution in [3.05, 3.63) is 45.9 Å². The van der Waals surface area contributed by atoms with Gasteiger partial charge in [-0.3, -0.25) is 9.20 Å². The third kappa shape index (κ3) is 2.42. The van der Waals surface area contributed by atoms with Crippen molar-refractivity contribution in [1.29, 1.82) is 5.26 Å². The first-order valence-corrected chi connectivity index (χ1v) is 8.26. The quantitative estimate of drug-likeness (QED) is 0.558. The van der Waals surface area contributed by atoms with Gasteiger partial charge in [-0.05, 0) is 31.9 Å². The molecule has 1 aliphatic rings. The zero-order valence-electron chi connectivity index (χ0n) is 13.9. The van der Waals surface area contributed by atoms with Gasteiger partial charge in [-0.1, -0.05) is 11.1 Å². The van der Waals surface area contributed by atoms with E-state index in [1.807, 2.05) is 13.0 Å². The van der Waals surface area contributed by atoms with Crippen LogP contribution in [-0.2, 0) is 11.3 Å². The minimum Gasteiger partial charge on any atom is -0.375 e. The van der Waals surface area contributed by atoms with Crippen molar-refractivity contribution >= 4 is 22.5 Å². The smallest absolute Gasteiger partial charge is 0.278 e. The summed E-state index contributed by atoms with van der Waals surface area (Å²) >= 11 is 0. The van der Waals surface area contributed by atoms with Crippen molar-refractivity contribution in [2.75, 3.05) is 12.3 Å². The second-order valence-corrected chi connectivity index (χ2v) is 6.34. The van der Waals surface area contributed by atoms with Gasteiger partial charge in [-0.2, -0.15) is 5.26 Å². The standard InChI is InChI=1S/C18H17N5O2/c1-11-4-2-6-22-16(11)21-17-14(18(22)24)8-12(9-19)15(20)23(17)10-13-5-3-7-25-13/h2,4,6,8,13,20H,3,5,7,10H2,1H3/p+1. The second kappa shape index (κ2) is 5.83. The van der Waals surface area contributed by atoms with Crippen LogP contribution in [0.3, 0.4) is 0 Å². The summed E-state index contributed by atoms with van der Waals surface area (Å²) in [4.78, 5) is 17.6. The van der Waals surface area contributed by atoms with E-state index >= 15 is 0 Å². The Kier molecular flexibility index (Phi) is 3.62. The Hall–Kier alpha value is -2.98. The van der Waals surface area contributed by atoms with Gasteiger partial charge in [0, 0.05) is 18.4 Å². The van der Waals surface area contributed by atoms with Gasteiger partial charge in [0.05, 0.1) is 12.6 Å². The van der Waals surface area contributed by atoms with Gasteiger partial charge in [0.15, 0.2) is 0 Å². The Balaban J connectivity index is 2.08. The fourth-order valence-electron chi connectivity index (χ4n) is 3.38. The zero-order chi connectivity index (χ0) is 17.6. The van der Waals surface area contributed by atoms with E-state index in [-0.39, 0.29) is 17.2 Å². The Morgan fingerprint density at radius 3 is 3.12 bits per heavy atom. The van der Waals surface area contributed by atoms with Gasteiger partial charge in [0.2, 0.25) is 11.5 Å². The van der Waals surface area contributed by atoms with E-state index in [4.69, 9.17) is 15.5 Å². The molecule has 1 saturated heterocycles. The summed E-state index contributed by atoms with van der Waals surface area (Å²) < 4.78 is 8.96. The molecule has 7 heteroatoms. The summed E-state index contributed by atoms with van der Waals surface area (Å²) in [7, 11) is 0. The molecule has 0 aliphatic carbocycles. The number of nitrogens with two attached hydrogens (primary N) is 1. The molecule has 0 amide bonds. The summed E-state index contributed by atoms with van der Waals surface area (Å²) in [5.74, 6) is 0.315. The molecule has 1 atom stereocenters. The molecule has 7 nitrogen and oxygen atoms in total. The van der Waals surface area contributed by atoms with Gasteiger partial charge >= 0.3 is 0 Å². The maximum atomic E-state index is 12.9. The van der Waals surface area contributed by atoms with E-state index in [0.717, 1.165) is 25.0 Å². The van der Waals surface area contributed by atoms with E-state index in [1.165, 1.54) is 10.5 Å². The number of hydrogen-bond acceptors (Lipinski definition) is 5. The highest BCUT2D eigenvalue weighted by molar-refractivity contribution is 5.77. The average molecular weight is 336 g/mol. The minimum absolute atomic E-state index is 0.0153. The molecule has 0 saturated carbocycles. The van der Waals surface area contributed by atoms with Crippen molar-refractivity contribution in [1.82, 2.24) is 9.38 Å². The normalized spacial score (nSPS) is 17.2. The van der Waals surface area contributed by atoms with E-state index in [9.17, 15) is 10.1 Å². The largest absolute Gasteiger partial charge is 0.375 e. The highest BCUT2D eigenvalue weighted by Gasteiger charge is 2.25. The van der Waals surface area contributed by atoms with Gasteiger partial charge in [0.25, 0.3) is 11.2 Å². The number of hydrogen-bond donors (Lipinski definition) is 1. The first kappa shape index (κ1) is 15.5. The van der Waals surface area contributed by atoms with Crippen LogP contribution in [0.25, 0.3) is 16.7 Å². The van der Waals surface area contributed by atoms with Crippen molar-refractivity contribution in [3.8, 4) is 6.07 Å². The first-order chi connectivity index (χ1) is 12.1. The number of rotatable bonds is 2. The van der Waals surface area contributed by atoms with Crippen LogP contribution < -0.4 is 15.9 Å². The molecule has 1 fully saturated rings. The second-order valence-electron chi connectivity index (χ2n) is 6.34. The molecule has 126 valence electrons. The number of fused-ring (bicyclic) bond motifs is 2. The zero-order valence-corrected chi connectivity index (χ0v) is 13.9. The predicted molar refractivity (Wildman–Crippen MR) is 92.0 cm³/mol. The number of anilines is 1. The van der Waals surface area contributed by atoms with Crippen LogP contribution in [-0.4, -0.2) is 22.1 Å². The lowest BCUT2D eigenvalue weighted by atomic mass is 10.2. The van der Waals surface area contributed by atoms with Crippen LogP contribution in [0.2, 0.25) is 0 Å². The average Bonchev–Trinajstić information content (AvgIpc) is 3.12. The summed E-state index contributed by atoms with van der Waals surface area (Å²) in [5, 5.41) is 9.79. The van der Waals surface area contributed by atoms with E-state index in [1.54, 1.807) is 16.8 Å². The van der Waals surface area contributed by atoms with Crippen molar-refractivity contribution < 1.29 is 9.30 Å². The van der Waals surface area contributed by atoms with E-state index in [2.05, 4.69) is 6.07 Å². The molecule has 0 spiro atoms. The number of aryl methyl sites for hydroxylation is 1. The molecular formula is C18H18N5O2+. The van der Waals surface area contributed by atoms with Crippen molar-refractivity contribution in [2.24, 2.45) is 0 Å². The number of aromatic nitrogens is 3. The SMILES string of the molecule is Cc1cccn2c(=O)c3cc(C#N)c(N)[n+](CC4CCCO4)c3nc12. The summed E-state index contributed by atoms with van der Waals surface area (Å²) in [6.45, 7) is 3.11. The van der Waals surface area contributed by atoms with Crippen LogP contribution in [0.5, 0.6) is 0 Å². The van der Waals surface area contributed by atoms with Gasteiger partial charge in [-0.25, -0.2) is 4.57 Å². The third-order valence-corrected chi connectivity index (χ3v) is 4.71. The fraction of sp³-hybridized carbons (Fsp3) is 0.333. The molecule has 1 aliphatic heterocycles. The molecule has 0 radical (unpaired) electrons. The highest BCUT2D eigenvalue weighted by atomic mass is 16.5. The van der Waals surface area contributed by atoms with Gasteiger partial charge in [0.1, 0.15) is 17.0 Å². The number of ether oxygens (including phenoxy) is 1. The molecule has 3 aromatic rings. The molecule has 0 bridgehead atoms. The number of nitrogen functional groups attached to an aromatic ring is 1. The van der Waals surface area contributed by atoms with Crippen LogP contribution in [0.1, 0.15) is 24.0 Å². The summed E-state index contributed by atoms with van der Waals surface area (Å²) in [5.41, 5.74) is 8.25. The summed E-state index contributed by atoms with van der Waals surface area (Å²) in [6, 6.07) is 7.32. The lowest BCUT2D eigenvalue weighted by Crippen LogP contribution is -2.45.